The molecular formula is C24H38O6. The fourth-order valence-corrected chi connectivity index (χ4v) is 4.77. The number of allylic oxidation sites excluding steroid dienone is 3. The molecule has 170 valence electrons. The standard InChI is InChI=1S/C24H38O6/c1-5-15(3)24(29)30-21-11-14(2)10-17-7-6-16(4)20(23(17)21)9-8-18(25)12-19(26)13-22(27)28/h11,15-20,25-26H,5-10,12-13H2,1-4H3,(H,27,28). The highest BCUT2D eigenvalue weighted by atomic mass is 16.5. The molecule has 1 fully saturated rings. The molecule has 2 aliphatic rings. The van der Waals surface area contributed by atoms with Gasteiger partial charge in [0, 0.05) is 0 Å². The van der Waals surface area contributed by atoms with Gasteiger partial charge in [0.2, 0.25) is 0 Å². The molecule has 0 saturated heterocycles. The molecule has 0 aromatic rings. The Morgan fingerprint density at radius 1 is 1.23 bits per heavy atom. The van der Waals surface area contributed by atoms with E-state index in [9.17, 15) is 19.8 Å². The molecule has 2 rings (SSSR count). The molecule has 0 bridgehead atoms. The van der Waals surface area contributed by atoms with Crippen molar-refractivity contribution in [2.45, 2.75) is 91.3 Å². The van der Waals surface area contributed by atoms with Crippen molar-refractivity contribution in [1.82, 2.24) is 0 Å². The zero-order chi connectivity index (χ0) is 22.4. The van der Waals surface area contributed by atoms with E-state index in [-0.39, 0.29) is 30.6 Å². The number of hydrogen-bond donors (Lipinski definition) is 3. The van der Waals surface area contributed by atoms with E-state index >= 15 is 0 Å². The summed E-state index contributed by atoms with van der Waals surface area (Å²) in [7, 11) is 0. The first-order valence-corrected chi connectivity index (χ1v) is 11.3. The highest BCUT2D eigenvalue weighted by molar-refractivity contribution is 5.73. The quantitative estimate of drug-likeness (QED) is 0.456. The SMILES string of the molecule is CCC(C)C(=O)OC1=C2C(CCC(C)C2CCC(O)CC(O)CC(=O)O)CC(C)=C1. The first-order chi connectivity index (χ1) is 14.1. The van der Waals surface area contributed by atoms with E-state index in [1.165, 1.54) is 11.1 Å². The zero-order valence-corrected chi connectivity index (χ0v) is 18.8. The summed E-state index contributed by atoms with van der Waals surface area (Å²) in [5.41, 5.74) is 2.43. The molecule has 0 aromatic heterocycles. The van der Waals surface area contributed by atoms with Crippen LogP contribution in [0.15, 0.2) is 23.0 Å². The summed E-state index contributed by atoms with van der Waals surface area (Å²) < 4.78 is 5.87. The average Bonchev–Trinajstić information content (AvgIpc) is 2.65. The Bertz CT molecular complexity index is 679. The van der Waals surface area contributed by atoms with Gasteiger partial charge >= 0.3 is 11.9 Å². The molecule has 6 unspecified atom stereocenters. The first-order valence-electron chi connectivity index (χ1n) is 11.3. The van der Waals surface area contributed by atoms with Gasteiger partial charge in [0.1, 0.15) is 5.76 Å². The number of carbonyl (C=O) groups is 2. The third-order valence-electron chi connectivity index (χ3n) is 6.72. The van der Waals surface area contributed by atoms with Crippen molar-refractivity contribution in [1.29, 1.82) is 0 Å². The molecule has 0 radical (unpaired) electrons. The third-order valence-corrected chi connectivity index (χ3v) is 6.72. The second kappa shape index (κ2) is 11.1. The van der Waals surface area contributed by atoms with Gasteiger partial charge in [-0.1, -0.05) is 26.3 Å². The summed E-state index contributed by atoms with van der Waals surface area (Å²) in [6, 6.07) is 0. The maximum atomic E-state index is 12.5. The Kier molecular flexibility index (Phi) is 9.10. The van der Waals surface area contributed by atoms with Gasteiger partial charge < -0.3 is 20.1 Å². The predicted molar refractivity (Wildman–Crippen MR) is 114 cm³/mol. The van der Waals surface area contributed by atoms with E-state index in [2.05, 4.69) is 13.8 Å². The van der Waals surface area contributed by atoms with E-state index in [1.807, 2.05) is 19.9 Å². The molecule has 30 heavy (non-hydrogen) atoms. The smallest absolute Gasteiger partial charge is 0.314 e. The summed E-state index contributed by atoms with van der Waals surface area (Å²) in [5, 5.41) is 28.9. The molecule has 0 amide bonds. The summed E-state index contributed by atoms with van der Waals surface area (Å²) >= 11 is 0. The van der Waals surface area contributed by atoms with Crippen molar-refractivity contribution in [3.05, 3.63) is 23.0 Å². The molecule has 0 heterocycles. The normalized spacial score (nSPS) is 27.0. The minimum atomic E-state index is -1.07. The van der Waals surface area contributed by atoms with E-state index in [1.54, 1.807) is 0 Å². The highest BCUT2D eigenvalue weighted by Crippen LogP contribution is 2.47. The fraction of sp³-hybridized carbons (Fsp3) is 0.750. The number of rotatable bonds is 10. The number of aliphatic hydroxyl groups excluding tert-OH is 2. The van der Waals surface area contributed by atoms with Gasteiger partial charge in [0.25, 0.3) is 0 Å². The van der Waals surface area contributed by atoms with Gasteiger partial charge in [0.15, 0.2) is 0 Å². The van der Waals surface area contributed by atoms with Crippen LogP contribution in [0.5, 0.6) is 0 Å². The van der Waals surface area contributed by atoms with Crippen molar-refractivity contribution in [3.8, 4) is 0 Å². The highest BCUT2D eigenvalue weighted by Gasteiger charge is 2.37. The Balaban J connectivity index is 2.16. The Labute approximate surface area is 180 Å². The molecule has 0 aliphatic heterocycles. The molecule has 0 spiro atoms. The summed E-state index contributed by atoms with van der Waals surface area (Å²) in [6.07, 6.45) is 5.00. The van der Waals surface area contributed by atoms with Crippen LogP contribution in [0.4, 0.5) is 0 Å². The lowest BCUT2D eigenvalue weighted by Crippen LogP contribution is -2.31. The second-order valence-corrected chi connectivity index (χ2v) is 9.32. The topological polar surface area (TPSA) is 104 Å². The molecular weight excluding hydrogens is 384 g/mol. The van der Waals surface area contributed by atoms with Crippen LogP contribution in [0, 0.1) is 23.7 Å². The maximum Gasteiger partial charge on any atom is 0.314 e. The molecule has 6 atom stereocenters. The largest absolute Gasteiger partial charge is 0.481 e. The number of carboxylic acids is 1. The Morgan fingerprint density at radius 2 is 1.93 bits per heavy atom. The van der Waals surface area contributed by atoms with Crippen molar-refractivity contribution in [3.63, 3.8) is 0 Å². The van der Waals surface area contributed by atoms with Crippen LogP contribution >= 0.6 is 0 Å². The Morgan fingerprint density at radius 3 is 2.57 bits per heavy atom. The van der Waals surface area contributed by atoms with E-state index in [0.29, 0.717) is 24.0 Å². The van der Waals surface area contributed by atoms with Gasteiger partial charge in [-0.3, -0.25) is 9.59 Å². The molecule has 6 heteroatoms. The van der Waals surface area contributed by atoms with Crippen molar-refractivity contribution < 1.29 is 29.6 Å². The van der Waals surface area contributed by atoms with Crippen LogP contribution in [0.2, 0.25) is 0 Å². The number of hydrogen-bond acceptors (Lipinski definition) is 5. The lowest BCUT2D eigenvalue weighted by atomic mass is 9.65. The van der Waals surface area contributed by atoms with Crippen molar-refractivity contribution in [2.24, 2.45) is 23.7 Å². The number of aliphatic hydroxyl groups is 2. The summed E-state index contributed by atoms with van der Waals surface area (Å²) in [5.74, 6) is 0.274. The maximum absolute atomic E-state index is 12.5. The minimum Gasteiger partial charge on any atom is -0.481 e. The number of esters is 1. The molecule has 6 nitrogen and oxygen atoms in total. The van der Waals surface area contributed by atoms with Crippen LogP contribution in [0.1, 0.15) is 79.1 Å². The molecule has 2 aliphatic carbocycles. The second-order valence-electron chi connectivity index (χ2n) is 9.32. The number of fused-ring (bicyclic) bond motifs is 1. The molecule has 0 aromatic carbocycles. The van der Waals surface area contributed by atoms with Crippen LogP contribution in [0.25, 0.3) is 0 Å². The van der Waals surface area contributed by atoms with Crippen molar-refractivity contribution in [2.75, 3.05) is 0 Å². The van der Waals surface area contributed by atoms with E-state index in [4.69, 9.17) is 9.84 Å². The zero-order valence-electron chi connectivity index (χ0n) is 18.8. The molecule has 3 N–H and O–H groups in total. The lowest BCUT2D eigenvalue weighted by Gasteiger charge is -2.40. The van der Waals surface area contributed by atoms with E-state index < -0.39 is 18.2 Å². The van der Waals surface area contributed by atoms with E-state index in [0.717, 1.165) is 32.1 Å². The fourth-order valence-electron chi connectivity index (χ4n) is 4.77. The number of carboxylic acid groups (broad SMARTS) is 1. The minimum absolute atomic E-state index is 0.0603. The van der Waals surface area contributed by atoms with Gasteiger partial charge in [-0.15, -0.1) is 0 Å². The van der Waals surface area contributed by atoms with Crippen LogP contribution in [-0.4, -0.2) is 39.5 Å². The molecule has 1 saturated carbocycles. The number of carbonyl (C=O) groups excluding carboxylic acids is 1. The third kappa shape index (κ3) is 6.67. The number of aliphatic carboxylic acids is 1. The lowest BCUT2D eigenvalue weighted by molar-refractivity contribution is -0.143. The first kappa shape index (κ1) is 24.6. The summed E-state index contributed by atoms with van der Waals surface area (Å²) in [6.45, 7) is 8.14. The van der Waals surface area contributed by atoms with Crippen LogP contribution in [-0.2, 0) is 14.3 Å². The number of ether oxygens (including phenoxy) is 1. The Hall–Kier alpha value is -1.66. The van der Waals surface area contributed by atoms with Gasteiger partial charge in [0.05, 0.1) is 24.5 Å². The van der Waals surface area contributed by atoms with Crippen LogP contribution < -0.4 is 0 Å². The average molecular weight is 423 g/mol. The van der Waals surface area contributed by atoms with Crippen LogP contribution in [0.3, 0.4) is 0 Å². The van der Waals surface area contributed by atoms with Gasteiger partial charge in [-0.05, 0) is 81.3 Å². The predicted octanol–water partition coefficient (Wildman–Crippen LogP) is 4.21. The van der Waals surface area contributed by atoms with Gasteiger partial charge in [-0.2, -0.15) is 0 Å². The van der Waals surface area contributed by atoms with Gasteiger partial charge in [-0.25, -0.2) is 0 Å². The van der Waals surface area contributed by atoms with Crippen molar-refractivity contribution >= 4 is 11.9 Å². The summed E-state index contributed by atoms with van der Waals surface area (Å²) in [4.78, 5) is 23.2. The monoisotopic (exact) mass is 422 g/mol.